The third-order valence-corrected chi connectivity index (χ3v) is 3.39. The minimum atomic E-state index is -1.10. The Morgan fingerprint density at radius 2 is 2.14 bits per heavy atom. The van der Waals surface area contributed by atoms with Gasteiger partial charge in [-0.25, -0.2) is 4.79 Å². The fraction of sp³-hybridized carbons (Fsp3) is 0.462. The summed E-state index contributed by atoms with van der Waals surface area (Å²) in [5.41, 5.74) is 0.167. The molecular formula is C13H18N4O4. The number of nitro benzene ring substituents is 1. The second kappa shape index (κ2) is 7.00. The van der Waals surface area contributed by atoms with E-state index in [2.05, 4.69) is 15.5 Å². The Morgan fingerprint density at radius 1 is 1.43 bits per heavy atom. The normalized spacial score (nSPS) is 15.6. The van der Waals surface area contributed by atoms with Crippen molar-refractivity contribution in [1.29, 1.82) is 0 Å². The van der Waals surface area contributed by atoms with Gasteiger partial charge in [0.15, 0.2) is 0 Å². The molecule has 2 rings (SSSR count). The summed E-state index contributed by atoms with van der Waals surface area (Å²) in [6, 6.07) is 3.76. The Bertz CT molecular complexity index is 529. The Kier molecular flexibility index (Phi) is 5.07. The number of piperazine rings is 1. The first-order chi connectivity index (χ1) is 10.1. The van der Waals surface area contributed by atoms with Crippen molar-refractivity contribution in [3.05, 3.63) is 33.9 Å². The summed E-state index contributed by atoms with van der Waals surface area (Å²) in [4.78, 5) is 23.6. The van der Waals surface area contributed by atoms with Gasteiger partial charge in [0.1, 0.15) is 5.69 Å². The summed E-state index contributed by atoms with van der Waals surface area (Å²) in [5.74, 6) is -1.10. The zero-order valence-electron chi connectivity index (χ0n) is 11.5. The molecule has 0 unspecified atom stereocenters. The van der Waals surface area contributed by atoms with Gasteiger partial charge in [-0.3, -0.25) is 15.0 Å². The smallest absolute Gasteiger partial charge is 0.335 e. The standard InChI is InChI=1S/C13H18N4O4/c18-13(19)10-1-2-12(17(20)21)11(9-10)15-5-8-16-6-3-14-4-7-16/h1-2,9,14-15H,3-8H2,(H,18,19). The fourth-order valence-electron chi connectivity index (χ4n) is 2.25. The highest BCUT2D eigenvalue weighted by atomic mass is 16.6. The molecule has 1 heterocycles. The summed E-state index contributed by atoms with van der Waals surface area (Å²) in [5, 5.41) is 26.1. The number of anilines is 1. The molecule has 1 aromatic rings. The zero-order chi connectivity index (χ0) is 15.2. The molecule has 0 aromatic heterocycles. The average molecular weight is 294 g/mol. The molecule has 0 amide bonds. The summed E-state index contributed by atoms with van der Waals surface area (Å²) in [7, 11) is 0. The molecule has 1 aliphatic heterocycles. The van der Waals surface area contributed by atoms with Crippen molar-refractivity contribution in [1.82, 2.24) is 10.2 Å². The number of nitro groups is 1. The lowest BCUT2D eigenvalue weighted by Gasteiger charge is -2.27. The SMILES string of the molecule is O=C(O)c1ccc([N+](=O)[O-])c(NCCN2CCNCC2)c1. The third-order valence-electron chi connectivity index (χ3n) is 3.39. The van der Waals surface area contributed by atoms with Crippen LogP contribution >= 0.6 is 0 Å². The van der Waals surface area contributed by atoms with E-state index >= 15 is 0 Å². The minimum absolute atomic E-state index is 0.0327. The number of carboxylic acids is 1. The third kappa shape index (κ3) is 4.14. The van der Waals surface area contributed by atoms with Gasteiger partial charge in [0, 0.05) is 45.3 Å². The Hall–Kier alpha value is -2.19. The quantitative estimate of drug-likeness (QED) is 0.521. The molecule has 1 aromatic carbocycles. The summed E-state index contributed by atoms with van der Waals surface area (Å²) < 4.78 is 0. The second-order valence-electron chi connectivity index (χ2n) is 4.81. The molecule has 0 radical (unpaired) electrons. The van der Waals surface area contributed by atoms with Gasteiger partial charge in [0.2, 0.25) is 0 Å². The first kappa shape index (κ1) is 15.2. The molecule has 1 fully saturated rings. The lowest BCUT2D eigenvalue weighted by atomic mass is 10.1. The van der Waals surface area contributed by atoms with E-state index in [4.69, 9.17) is 5.11 Å². The molecule has 1 saturated heterocycles. The topological polar surface area (TPSA) is 108 Å². The lowest BCUT2D eigenvalue weighted by molar-refractivity contribution is -0.384. The Morgan fingerprint density at radius 3 is 2.76 bits per heavy atom. The number of aromatic carboxylic acids is 1. The minimum Gasteiger partial charge on any atom is -0.478 e. The molecule has 8 nitrogen and oxygen atoms in total. The van der Waals surface area contributed by atoms with Crippen LogP contribution in [-0.4, -0.2) is 60.2 Å². The number of hydrogen-bond acceptors (Lipinski definition) is 6. The van der Waals surface area contributed by atoms with Crippen LogP contribution in [0.5, 0.6) is 0 Å². The van der Waals surface area contributed by atoms with Gasteiger partial charge in [0.25, 0.3) is 5.69 Å². The van der Waals surface area contributed by atoms with Crippen molar-refractivity contribution in [2.24, 2.45) is 0 Å². The molecule has 0 spiro atoms. The second-order valence-corrected chi connectivity index (χ2v) is 4.81. The van der Waals surface area contributed by atoms with Gasteiger partial charge in [-0.05, 0) is 12.1 Å². The van der Waals surface area contributed by atoms with Crippen LogP contribution in [-0.2, 0) is 0 Å². The first-order valence-electron chi connectivity index (χ1n) is 6.76. The maximum Gasteiger partial charge on any atom is 0.335 e. The van der Waals surface area contributed by atoms with Crippen molar-refractivity contribution in [2.75, 3.05) is 44.6 Å². The van der Waals surface area contributed by atoms with Crippen molar-refractivity contribution in [3.63, 3.8) is 0 Å². The van der Waals surface area contributed by atoms with Crippen molar-refractivity contribution in [2.45, 2.75) is 0 Å². The maximum atomic E-state index is 11.0. The largest absolute Gasteiger partial charge is 0.478 e. The van der Waals surface area contributed by atoms with E-state index < -0.39 is 10.9 Å². The maximum absolute atomic E-state index is 11.0. The molecule has 0 saturated carbocycles. The number of carbonyl (C=O) groups is 1. The van der Waals surface area contributed by atoms with Crippen LogP contribution in [0.15, 0.2) is 18.2 Å². The monoisotopic (exact) mass is 294 g/mol. The van der Waals surface area contributed by atoms with Crippen LogP contribution in [0.1, 0.15) is 10.4 Å². The van der Waals surface area contributed by atoms with Gasteiger partial charge in [-0.2, -0.15) is 0 Å². The van der Waals surface area contributed by atoms with E-state index in [0.717, 1.165) is 32.7 Å². The number of rotatable bonds is 6. The number of nitrogens with zero attached hydrogens (tertiary/aromatic N) is 2. The van der Waals surface area contributed by atoms with Gasteiger partial charge < -0.3 is 15.7 Å². The lowest BCUT2D eigenvalue weighted by Crippen LogP contribution is -2.45. The highest BCUT2D eigenvalue weighted by Gasteiger charge is 2.16. The van der Waals surface area contributed by atoms with Crippen LogP contribution in [0.25, 0.3) is 0 Å². The number of hydrogen-bond donors (Lipinski definition) is 3. The fourth-order valence-corrected chi connectivity index (χ4v) is 2.25. The van der Waals surface area contributed by atoms with E-state index in [1.165, 1.54) is 18.2 Å². The van der Waals surface area contributed by atoms with E-state index in [-0.39, 0.29) is 16.9 Å². The van der Waals surface area contributed by atoms with Crippen molar-refractivity contribution >= 4 is 17.3 Å². The highest BCUT2D eigenvalue weighted by Crippen LogP contribution is 2.25. The molecule has 3 N–H and O–H groups in total. The van der Waals surface area contributed by atoms with Crippen molar-refractivity contribution < 1.29 is 14.8 Å². The van der Waals surface area contributed by atoms with Crippen LogP contribution in [0.4, 0.5) is 11.4 Å². The molecule has 0 aliphatic carbocycles. The van der Waals surface area contributed by atoms with Crippen LogP contribution < -0.4 is 10.6 Å². The van der Waals surface area contributed by atoms with Gasteiger partial charge >= 0.3 is 5.97 Å². The van der Waals surface area contributed by atoms with Gasteiger partial charge in [0.05, 0.1) is 10.5 Å². The molecule has 114 valence electrons. The number of nitrogens with one attached hydrogen (secondary N) is 2. The van der Waals surface area contributed by atoms with E-state index in [0.29, 0.717) is 6.54 Å². The van der Waals surface area contributed by atoms with Gasteiger partial charge in [-0.1, -0.05) is 0 Å². The predicted octanol–water partition coefficient (Wildman–Crippen LogP) is 0.610. The summed E-state index contributed by atoms with van der Waals surface area (Å²) in [6.07, 6.45) is 0. The average Bonchev–Trinajstić information content (AvgIpc) is 2.48. The van der Waals surface area contributed by atoms with E-state index in [1.807, 2.05) is 0 Å². The Labute approximate surface area is 121 Å². The summed E-state index contributed by atoms with van der Waals surface area (Å²) in [6.45, 7) is 5.06. The van der Waals surface area contributed by atoms with E-state index in [9.17, 15) is 14.9 Å². The number of benzene rings is 1. The first-order valence-corrected chi connectivity index (χ1v) is 6.76. The molecular weight excluding hydrogens is 276 g/mol. The highest BCUT2D eigenvalue weighted by molar-refractivity contribution is 5.90. The van der Waals surface area contributed by atoms with Crippen LogP contribution in [0, 0.1) is 10.1 Å². The zero-order valence-corrected chi connectivity index (χ0v) is 11.5. The van der Waals surface area contributed by atoms with Crippen LogP contribution in [0.2, 0.25) is 0 Å². The molecule has 8 heteroatoms. The van der Waals surface area contributed by atoms with Gasteiger partial charge in [-0.15, -0.1) is 0 Å². The molecule has 0 bridgehead atoms. The Balaban J connectivity index is 2.00. The molecule has 21 heavy (non-hydrogen) atoms. The molecule has 1 aliphatic rings. The van der Waals surface area contributed by atoms with Crippen LogP contribution in [0.3, 0.4) is 0 Å². The number of carboxylic acid groups (broad SMARTS) is 1. The van der Waals surface area contributed by atoms with Crippen molar-refractivity contribution in [3.8, 4) is 0 Å². The van der Waals surface area contributed by atoms with E-state index in [1.54, 1.807) is 0 Å². The predicted molar refractivity (Wildman–Crippen MR) is 77.9 cm³/mol. The summed E-state index contributed by atoms with van der Waals surface area (Å²) >= 11 is 0. The molecule has 0 atom stereocenters.